The highest BCUT2D eigenvalue weighted by atomic mass is 16.5. The molecule has 15 heavy (non-hydrogen) atoms. The first-order valence-electron chi connectivity index (χ1n) is 5.09. The minimum atomic E-state index is 0.0512. The van der Waals surface area contributed by atoms with Crippen molar-refractivity contribution in [2.45, 2.75) is 39.2 Å². The number of nitrogens with one attached hydrogen (secondary N) is 1. The van der Waals surface area contributed by atoms with Crippen molar-refractivity contribution >= 4 is 0 Å². The number of rotatable bonds is 6. The average Bonchev–Trinajstić information content (AvgIpc) is 1.99. The summed E-state index contributed by atoms with van der Waals surface area (Å²) in [4.78, 5) is 0. The van der Waals surface area contributed by atoms with E-state index in [2.05, 4.69) is 45.8 Å². The van der Waals surface area contributed by atoms with Gasteiger partial charge in [-0.05, 0) is 20.8 Å². The predicted octanol–water partition coefficient (Wildman–Crippen LogP) is 3.38. The van der Waals surface area contributed by atoms with Crippen LogP contribution in [0.1, 0.15) is 33.6 Å². The van der Waals surface area contributed by atoms with Gasteiger partial charge in [0.05, 0.1) is 12.9 Å². The normalized spacial score (nSPS) is 10.7. The standard InChI is InChI=1S/C13H23NO/c1-10(9-12(3)15-7)8-11(2)14-13(4,5)6/h14H,1-3,8-9H2,4-7H3. The molecule has 0 fully saturated rings. The van der Waals surface area contributed by atoms with Crippen LogP contribution in [0.4, 0.5) is 0 Å². The van der Waals surface area contributed by atoms with Crippen LogP contribution in [0.2, 0.25) is 0 Å². The Bertz CT molecular complexity index is 258. The van der Waals surface area contributed by atoms with E-state index in [-0.39, 0.29) is 5.54 Å². The van der Waals surface area contributed by atoms with Crippen LogP contribution in [0.3, 0.4) is 0 Å². The lowest BCUT2D eigenvalue weighted by molar-refractivity contribution is 0.284. The number of methoxy groups -OCH3 is 1. The number of allylic oxidation sites excluding steroid dienone is 2. The second-order valence-electron chi connectivity index (χ2n) is 4.82. The Kier molecular flexibility index (Phi) is 5.20. The molecule has 0 aromatic carbocycles. The lowest BCUT2D eigenvalue weighted by Crippen LogP contribution is -2.34. The third-order valence-electron chi connectivity index (χ3n) is 1.75. The van der Waals surface area contributed by atoms with E-state index in [0.29, 0.717) is 6.42 Å². The lowest BCUT2D eigenvalue weighted by atomic mass is 10.0. The molecular weight excluding hydrogens is 186 g/mol. The van der Waals surface area contributed by atoms with Gasteiger partial charge < -0.3 is 10.1 Å². The molecule has 0 atom stereocenters. The number of hydrogen-bond donors (Lipinski definition) is 1. The molecule has 0 saturated heterocycles. The van der Waals surface area contributed by atoms with Crippen LogP contribution in [0, 0.1) is 0 Å². The molecule has 2 nitrogen and oxygen atoms in total. The lowest BCUT2D eigenvalue weighted by Gasteiger charge is -2.24. The molecule has 1 N–H and O–H groups in total. The van der Waals surface area contributed by atoms with Crippen molar-refractivity contribution in [2.24, 2.45) is 0 Å². The Morgan fingerprint density at radius 3 is 2.07 bits per heavy atom. The van der Waals surface area contributed by atoms with Gasteiger partial charge in [0.2, 0.25) is 0 Å². The van der Waals surface area contributed by atoms with Gasteiger partial charge in [-0.1, -0.05) is 25.3 Å². The van der Waals surface area contributed by atoms with Gasteiger partial charge in [0.25, 0.3) is 0 Å². The van der Waals surface area contributed by atoms with Crippen LogP contribution >= 0.6 is 0 Å². The molecule has 0 rings (SSSR count). The third kappa shape index (κ3) is 7.86. The van der Waals surface area contributed by atoms with Crippen molar-refractivity contribution in [2.75, 3.05) is 7.11 Å². The highest BCUT2D eigenvalue weighted by Gasteiger charge is 2.10. The molecule has 0 aromatic heterocycles. The van der Waals surface area contributed by atoms with Gasteiger partial charge in [0, 0.05) is 24.1 Å². The van der Waals surface area contributed by atoms with Crippen molar-refractivity contribution in [1.29, 1.82) is 0 Å². The summed E-state index contributed by atoms with van der Waals surface area (Å²) in [6.07, 6.45) is 1.46. The fourth-order valence-electron chi connectivity index (χ4n) is 1.29. The molecule has 2 heteroatoms. The van der Waals surface area contributed by atoms with Gasteiger partial charge in [-0.3, -0.25) is 0 Å². The minimum absolute atomic E-state index is 0.0512. The monoisotopic (exact) mass is 209 g/mol. The summed E-state index contributed by atoms with van der Waals surface area (Å²) in [5, 5.41) is 3.32. The van der Waals surface area contributed by atoms with Crippen LogP contribution in [0.15, 0.2) is 36.8 Å². The van der Waals surface area contributed by atoms with Gasteiger partial charge in [0.15, 0.2) is 0 Å². The summed E-state index contributed by atoms with van der Waals surface area (Å²) in [7, 11) is 1.62. The Morgan fingerprint density at radius 1 is 1.13 bits per heavy atom. The fraction of sp³-hybridized carbons (Fsp3) is 0.538. The zero-order valence-electron chi connectivity index (χ0n) is 10.4. The Balaban J connectivity index is 3.98. The summed E-state index contributed by atoms with van der Waals surface area (Å²) < 4.78 is 5.00. The molecule has 0 aromatic rings. The highest BCUT2D eigenvalue weighted by molar-refractivity contribution is 5.13. The van der Waals surface area contributed by atoms with Crippen molar-refractivity contribution in [1.82, 2.24) is 5.32 Å². The quantitative estimate of drug-likeness (QED) is 0.535. The van der Waals surface area contributed by atoms with E-state index in [4.69, 9.17) is 4.74 Å². The molecule has 0 heterocycles. The molecule has 0 bridgehead atoms. The van der Waals surface area contributed by atoms with Gasteiger partial charge >= 0.3 is 0 Å². The van der Waals surface area contributed by atoms with Gasteiger partial charge in [-0.25, -0.2) is 0 Å². The number of ether oxygens (including phenoxy) is 1. The predicted molar refractivity (Wildman–Crippen MR) is 66.6 cm³/mol. The van der Waals surface area contributed by atoms with E-state index in [9.17, 15) is 0 Å². The largest absolute Gasteiger partial charge is 0.501 e. The summed E-state index contributed by atoms with van der Waals surface area (Å²) in [6, 6.07) is 0. The summed E-state index contributed by atoms with van der Waals surface area (Å²) in [5.41, 5.74) is 2.09. The first kappa shape index (κ1) is 13.8. The SMILES string of the molecule is C=C(CC(=C)NC(C)(C)C)CC(=C)OC. The Labute approximate surface area is 93.7 Å². The molecule has 0 aliphatic carbocycles. The maximum Gasteiger partial charge on any atom is 0.0924 e. The fourth-order valence-corrected chi connectivity index (χ4v) is 1.29. The Hall–Kier alpha value is -1.18. The van der Waals surface area contributed by atoms with E-state index in [1.807, 2.05) is 0 Å². The van der Waals surface area contributed by atoms with E-state index in [1.165, 1.54) is 0 Å². The maximum absolute atomic E-state index is 5.00. The average molecular weight is 209 g/mol. The first-order valence-corrected chi connectivity index (χ1v) is 5.09. The first-order chi connectivity index (χ1) is 6.74. The van der Waals surface area contributed by atoms with E-state index in [0.717, 1.165) is 23.5 Å². The van der Waals surface area contributed by atoms with Crippen molar-refractivity contribution in [3.8, 4) is 0 Å². The minimum Gasteiger partial charge on any atom is -0.501 e. The molecule has 86 valence electrons. The molecule has 0 unspecified atom stereocenters. The van der Waals surface area contributed by atoms with E-state index in [1.54, 1.807) is 7.11 Å². The maximum atomic E-state index is 5.00. The summed E-state index contributed by atoms with van der Waals surface area (Å²) in [5.74, 6) is 0.739. The second kappa shape index (κ2) is 5.64. The van der Waals surface area contributed by atoms with Gasteiger partial charge in [0.1, 0.15) is 0 Å². The summed E-state index contributed by atoms with van der Waals surface area (Å²) in [6.45, 7) is 18.0. The molecule has 0 amide bonds. The zero-order chi connectivity index (χ0) is 12.1. The molecule has 0 spiro atoms. The van der Waals surface area contributed by atoms with E-state index < -0.39 is 0 Å². The molecule has 0 radical (unpaired) electrons. The molecular formula is C13H23NO. The van der Waals surface area contributed by atoms with E-state index >= 15 is 0 Å². The van der Waals surface area contributed by atoms with Gasteiger partial charge in [-0.15, -0.1) is 0 Å². The van der Waals surface area contributed by atoms with Crippen LogP contribution in [-0.2, 0) is 4.74 Å². The van der Waals surface area contributed by atoms with Crippen molar-refractivity contribution in [3.63, 3.8) is 0 Å². The van der Waals surface area contributed by atoms with Crippen LogP contribution in [0.25, 0.3) is 0 Å². The third-order valence-corrected chi connectivity index (χ3v) is 1.75. The second-order valence-corrected chi connectivity index (χ2v) is 4.82. The van der Waals surface area contributed by atoms with Crippen molar-refractivity contribution < 1.29 is 4.74 Å². The number of hydrogen-bond acceptors (Lipinski definition) is 2. The molecule has 0 aliphatic heterocycles. The van der Waals surface area contributed by atoms with Gasteiger partial charge in [-0.2, -0.15) is 0 Å². The highest BCUT2D eigenvalue weighted by Crippen LogP contribution is 2.16. The smallest absolute Gasteiger partial charge is 0.0924 e. The Morgan fingerprint density at radius 2 is 1.67 bits per heavy atom. The van der Waals surface area contributed by atoms with Crippen LogP contribution in [-0.4, -0.2) is 12.6 Å². The topological polar surface area (TPSA) is 21.3 Å². The van der Waals surface area contributed by atoms with Crippen molar-refractivity contribution in [3.05, 3.63) is 36.8 Å². The van der Waals surface area contributed by atoms with Crippen LogP contribution < -0.4 is 5.32 Å². The molecule has 0 saturated carbocycles. The summed E-state index contributed by atoms with van der Waals surface area (Å²) >= 11 is 0. The van der Waals surface area contributed by atoms with Crippen LogP contribution in [0.5, 0.6) is 0 Å². The molecule has 0 aliphatic rings. The zero-order valence-corrected chi connectivity index (χ0v) is 10.4.